The number of fused-ring (bicyclic) bond motifs is 1. The standard InChI is InChI=1S/C22H26N2O2S.ClH/c25-21(18-11-17-3-1-2-4-19(17)26-14-18)24(13-16-5-10-27-15-16)20-12-22(20)6-8-23-9-7-22;/h1-5,10,15,18,20,23H,6-9,11-14H2;1H. The van der Waals surface area contributed by atoms with Gasteiger partial charge in [0.25, 0.3) is 0 Å². The molecular weight excluding hydrogens is 392 g/mol. The predicted octanol–water partition coefficient (Wildman–Crippen LogP) is 3.89. The Morgan fingerprint density at radius 1 is 1.25 bits per heavy atom. The Labute approximate surface area is 176 Å². The summed E-state index contributed by atoms with van der Waals surface area (Å²) in [6.07, 6.45) is 4.33. The molecule has 6 heteroatoms. The zero-order valence-corrected chi connectivity index (χ0v) is 17.6. The lowest BCUT2D eigenvalue weighted by Crippen LogP contribution is -2.44. The molecule has 0 bridgehead atoms. The van der Waals surface area contributed by atoms with E-state index >= 15 is 0 Å². The number of carbonyl (C=O) groups excluding carboxylic acids is 1. The molecule has 1 saturated carbocycles. The van der Waals surface area contributed by atoms with Crippen molar-refractivity contribution in [3.63, 3.8) is 0 Å². The zero-order valence-electron chi connectivity index (χ0n) is 15.9. The molecule has 1 aliphatic carbocycles. The molecule has 2 aliphatic heterocycles. The van der Waals surface area contributed by atoms with Crippen molar-refractivity contribution in [2.45, 2.75) is 38.3 Å². The van der Waals surface area contributed by atoms with Gasteiger partial charge in [0.15, 0.2) is 0 Å². The number of piperidine rings is 1. The van der Waals surface area contributed by atoms with Crippen LogP contribution in [0.3, 0.4) is 0 Å². The first-order valence-corrected chi connectivity index (χ1v) is 10.9. The predicted molar refractivity (Wildman–Crippen MR) is 114 cm³/mol. The van der Waals surface area contributed by atoms with Crippen molar-refractivity contribution in [2.24, 2.45) is 11.3 Å². The number of carbonyl (C=O) groups is 1. The van der Waals surface area contributed by atoms with Crippen molar-refractivity contribution in [3.05, 3.63) is 52.2 Å². The van der Waals surface area contributed by atoms with Gasteiger partial charge in [0.05, 0.1) is 5.92 Å². The van der Waals surface area contributed by atoms with Crippen LogP contribution < -0.4 is 10.1 Å². The molecule has 4 nitrogen and oxygen atoms in total. The van der Waals surface area contributed by atoms with E-state index < -0.39 is 0 Å². The SMILES string of the molecule is Cl.O=C(C1COc2ccccc2C1)N(Cc1ccsc1)C1CC12CCNCC2. The molecule has 1 aromatic carbocycles. The van der Waals surface area contributed by atoms with Gasteiger partial charge in [-0.2, -0.15) is 11.3 Å². The van der Waals surface area contributed by atoms with E-state index in [0.29, 0.717) is 18.1 Å². The summed E-state index contributed by atoms with van der Waals surface area (Å²) in [5, 5.41) is 7.74. The molecule has 28 heavy (non-hydrogen) atoms. The third-order valence-electron chi connectivity index (χ3n) is 6.57. The van der Waals surface area contributed by atoms with E-state index in [-0.39, 0.29) is 24.2 Å². The number of halogens is 1. The number of hydrogen-bond acceptors (Lipinski definition) is 4. The van der Waals surface area contributed by atoms with Crippen LogP contribution in [0.5, 0.6) is 5.75 Å². The van der Waals surface area contributed by atoms with Crippen molar-refractivity contribution in [2.75, 3.05) is 19.7 Å². The molecular formula is C22H27ClN2O2S. The van der Waals surface area contributed by atoms with Gasteiger partial charge in [-0.25, -0.2) is 0 Å². The number of para-hydroxylation sites is 1. The van der Waals surface area contributed by atoms with Crippen molar-refractivity contribution >= 4 is 29.7 Å². The van der Waals surface area contributed by atoms with Crippen LogP contribution in [0.1, 0.15) is 30.4 Å². The normalized spacial score (nSPS) is 24.6. The highest BCUT2D eigenvalue weighted by Gasteiger charge is 2.58. The lowest BCUT2D eigenvalue weighted by Gasteiger charge is -2.33. The largest absolute Gasteiger partial charge is 0.492 e. The van der Waals surface area contributed by atoms with Gasteiger partial charge < -0.3 is 15.0 Å². The fourth-order valence-corrected chi connectivity index (χ4v) is 5.53. The maximum absolute atomic E-state index is 13.6. The minimum Gasteiger partial charge on any atom is -0.492 e. The Bertz CT molecular complexity index is 820. The fraction of sp³-hybridized carbons (Fsp3) is 0.500. The number of nitrogens with one attached hydrogen (secondary N) is 1. The molecule has 2 fully saturated rings. The number of ether oxygens (including phenoxy) is 1. The molecule has 2 atom stereocenters. The van der Waals surface area contributed by atoms with Crippen LogP contribution in [0, 0.1) is 11.3 Å². The van der Waals surface area contributed by atoms with Gasteiger partial charge in [-0.05, 0) is 78.2 Å². The number of hydrogen-bond donors (Lipinski definition) is 1. The van der Waals surface area contributed by atoms with E-state index in [9.17, 15) is 4.79 Å². The molecule has 1 amide bonds. The summed E-state index contributed by atoms with van der Waals surface area (Å²) in [5.41, 5.74) is 2.76. The molecule has 1 aromatic heterocycles. The number of rotatable bonds is 4. The Morgan fingerprint density at radius 2 is 2.07 bits per heavy atom. The van der Waals surface area contributed by atoms with Crippen molar-refractivity contribution in [1.82, 2.24) is 10.2 Å². The molecule has 1 spiro atoms. The van der Waals surface area contributed by atoms with Crippen LogP contribution in [0.15, 0.2) is 41.1 Å². The van der Waals surface area contributed by atoms with E-state index in [1.807, 2.05) is 18.2 Å². The van der Waals surface area contributed by atoms with Crippen molar-refractivity contribution < 1.29 is 9.53 Å². The lowest BCUT2D eigenvalue weighted by atomic mass is 9.92. The first-order chi connectivity index (χ1) is 13.3. The topological polar surface area (TPSA) is 41.6 Å². The van der Waals surface area contributed by atoms with Crippen LogP contribution in [0.4, 0.5) is 0 Å². The van der Waals surface area contributed by atoms with E-state index in [0.717, 1.165) is 43.8 Å². The molecule has 3 heterocycles. The number of amides is 1. The second-order valence-corrected chi connectivity index (χ2v) is 9.03. The van der Waals surface area contributed by atoms with Gasteiger partial charge in [0.1, 0.15) is 12.4 Å². The van der Waals surface area contributed by atoms with Gasteiger partial charge in [0.2, 0.25) is 5.91 Å². The Balaban J connectivity index is 0.00000192. The van der Waals surface area contributed by atoms with Crippen LogP contribution in [-0.2, 0) is 17.8 Å². The first kappa shape index (κ1) is 19.7. The van der Waals surface area contributed by atoms with Gasteiger partial charge in [0, 0.05) is 12.6 Å². The first-order valence-electron chi connectivity index (χ1n) is 9.98. The second-order valence-electron chi connectivity index (χ2n) is 8.25. The number of thiophene rings is 1. The summed E-state index contributed by atoms with van der Waals surface area (Å²) in [7, 11) is 0. The maximum atomic E-state index is 13.6. The molecule has 1 saturated heterocycles. The van der Waals surface area contributed by atoms with Gasteiger partial charge in [-0.3, -0.25) is 4.79 Å². The summed E-state index contributed by atoms with van der Waals surface area (Å²) in [6.45, 7) is 3.39. The van der Waals surface area contributed by atoms with Gasteiger partial charge in [-0.15, -0.1) is 12.4 Å². The Kier molecular flexibility index (Phi) is 5.68. The van der Waals surface area contributed by atoms with E-state index in [1.165, 1.54) is 18.4 Å². The molecule has 2 aromatic rings. The Morgan fingerprint density at radius 3 is 2.86 bits per heavy atom. The van der Waals surface area contributed by atoms with Crippen LogP contribution in [0.2, 0.25) is 0 Å². The quantitative estimate of drug-likeness (QED) is 0.818. The average molecular weight is 419 g/mol. The minimum absolute atomic E-state index is 0. The fourth-order valence-electron chi connectivity index (χ4n) is 4.87. The summed E-state index contributed by atoms with van der Waals surface area (Å²) in [5.74, 6) is 1.14. The van der Waals surface area contributed by atoms with Crippen LogP contribution in [-0.4, -0.2) is 36.5 Å². The summed E-state index contributed by atoms with van der Waals surface area (Å²) >= 11 is 1.71. The Hall–Kier alpha value is -1.56. The smallest absolute Gasteiger partial charge is 0.230 e. The molecule has 150 valence electrons. The third-order valence-corrected chi connectivity index (χ3v) is 7.30. The number of nitrogens with zero attached hydrogens (tertiary/aromatic N) is 1. The van der Waals surface area contributed by atoms with Gasteiger partial charge in [-0.1, -0.05) is 18.2 Å². The van der Waals surface area contributed by atoms with Crippen molar-refractivity contribution in [3.8, 4) is 5.75 Å². The van der Waals surface area contributed by atoms with E-state index in [2.05, 4.69) is 33.1 Å². The summed E-state index contributed by atoms with van der Waals surface area (Å²) in [4.78, 5) is 15.8. The van der Waals surface area contributed by atoms with Crippen LogP contribution in [0.25, 0.3) is 0 Å². The average Bonchev–Trinajstić information content (AvgIpc) is 3.14. The van der Waals surface area contributed by atoms with Crippen LogP contribution >= 0.6 is 23.7 Å². The highest BCUT2D eigenvalue weighted by atomic mass is 35.5. The maximum Gasteiger partial charge on any atom is 0.230 e. The molecule has 5 rings (SSSR count). The number of benzene rings is 1. The third kappa shape index (κ3) is 3.68. The molecule has 3 aliphatic rings. The summed E-state index contributed by atoms with van der Waals surface area (Å²) < 4.78 is 5.92. The van der Waals surface area contributed by atoms with Gasteiger partial charge >= 0.3 is 0 Å². The molecule has 1 N–H and O–H groups in total. The molecule has 2 unspecified atom stereocenters. The van der Waals surface area contributed by atoms with E-state index in [1.54, 1.807) is 11.3 Å². The van der Waals surface area contributed by atoms with E-state index in [4.69, 9.17) is 4.74 Å². The minimum atomic E-state index is -0.0714. The highest BCUT2D eigenvalue weighted by Crippen LogP contribution is 2.56. The summed E-state index contributed by atoms with van der Waals surface area (Å²) in [6, 6.07) is 10.7. The van der Waals surface area contributed by atoms with Crippen molar-refractivity contribution in [1.29, 1.82) is 0 Å². The highest BCUT2D eigenvalue weighted by molar-refractivity contribution is 7.07. The lowest BCUT2D eigenvalue weighted by molar-refractivity contribution is -0.139. The second kappa shape index (κ2) is 8.05. The zero-order chi connectivity index (χ0) is 18.3. The monoisotopic (exact) mass is 418 g/mol. The molecule has 0 radical (unpaired) electrons.